The molecule has 16 heavy (non-hydrogen) atoms. The van der Waals surface area contributed by atoms with Crippen LogP contribution in [0.2, 0.25) is 0 Å². The Labute approximate surface area is 99.7 Å². The largest absolute Gasteiger partial charge is 0.344 e. The van der Waals surface area contributed by atoms with Crippen molar-refractivity contribution in [1.82, 2.24) is 0 Å². The first-order valence-corrected chi connectivity index (χ1v) is 6.77. The van der Waals surface area contributed by atoms with E-state index in [1.54, 1.807) is 0 Å². The van der Waals surface area contributed by atoms with Crippen LogP contribution in [0.4, 0.5) is 0 Å². The number of hydrogen-bond donors (Lipinski definition) is 2. The molecule has 1 aliphatic rings. The third-order valence-corrected chi connectivity index (χ3v) is 3.54. The minimum absolute atomic E-state index is 0.500. The fourth-order valence-corrected chi connectivity index (χ4v) is 2.83. The lowest BCUT2D eigenvalue weighted by Gasteiger charge is -2.40. The zero-order chi connectivity index (χ0) is 11.9. The summed E-state index contributed by atoms with van der Waals surface area (Å²) in [5.41, 5.74) is 0. The Kier molecular flexibility index (Phi) is 5.95. The van der Waals surface area contributed by atoms with E-state index in [9.17, 15) is 0 Å². The molecule has 1 unspecified atom stereocenters. The minimum atomic E-state index is 0.500. The number of nitrogens with zero attached hydrogens (tertiary/aromatic N) is 2. The van der Waals surface area contributed by atoms with E-state index in [1.807, 2.05) is 6.34 Å². The van der Waals surface area contributed by atoms with Gasteiger partial charge in [0.05, 0.1) is 20.1 Å². The maximum Gasteiger partial charge on any atom is 0.237 e. The molecule has 4 heteroatoms. The molecule has 0 amide bonds. The van der Waals surface area contributed by atoms with Crippen molar-refractivity contribution in [3.05, 3.63) is 0 Å². The molecule has 0 fully saturated rings. The summed E-state index contributed by atoms with van der Waals surface area (Å²) in [6.07, 6.45) is 5.03. The molecule has 1 rings (SSSR count). The number of hydrogen-bond acceptors (Lipinski definition) is 1. The van der Waals surface area contributed by atoms with Crippen LogP contribution in [0.5, 0.6) is 0 Å². The fraction of sp³-hybridized carbons (Fsp3) is 0.917. The highest BCUT2D eigenvalue weighted by molar-refractivity contribution is 5.43. The second-order valence-corrected chi connectivity index (χ2v) is 4.84. The molecule has 4 nitrogen and oxygen atoms in total. The molecule has 0 spiro atoms. The average molecular weight is 229 g/mol. The minimum Gasteiger partial charge on any atom is -0.344 e. The molecule has 0 aromatic rings. The average Bonchev–Trinajstić information content (AvgIpc) is 2.80. The first-order valence-electron chi connectivity index (χ1n) is 6.77. The van der Waals surface area contributed by atoms with E-state index in [-0.39, 0.29) is 0 Å². The molecule has 4 N–H and O–H groups in total. The molecule has 0 bridgehead atoms. The first-order chi connectivity index (χ1) is 7.79. The summed E-state index contributed by atoms with van der Waals surface area (Å²) in [7, 11) is 2.16. The second kappa shape index (κ2) is 6.99. The predicted molar refractivity (Wildman–Crippen MR) is 67.2 cm³/mol. The van der Waals surface area contributed by atoms with Gasteiger partial charge in [0.15, 0.2) is 12.9 Å². The molecule has 0 radical (unpaired) electrons. The Morgan fingerprint density at radius 1 is 1.31 bits per heavy atom. The van der Waals surface area contributed by atoms with Gasteiger partial charge >= 0.3 is 0 Å². The molecular weight excluding hydrogens is 200 g/mol. The quantitative estimate of drug-likeness (QED) is 0.489. The van der Waals surface area contributed by atoms with E-state index in [1.165, 1.54) is 43.5 Å². The zero-order valence-electron chi connectivity index (χ0n) is 11.2. The van der Waals surface area contributed by atoms with Crippen LogP contribution in [0.25, 0.3) is 0 Å². The van der Waals surface area contributed by atoms with Gasteiger partial charge in [-0.3, -0.25) is 9.80 Å². The Morgan fingerprint density at radius 3 is 2.44 bits per heavy atom. The fourth-order valence-electron chi connectivity index (χ4n) is 2.83. The molecular formula is C12H29N4+3. The Balaban J connectivity index is 2.71. The maximum atomic E-state index is 4.68. The van der Waals surface area contributed by atoms with Crippen molar-refractivity contribution >= 4 is 6.34 Å². The van der Waals surface area contributed by atoms with Crippen molar-refractivity contribution in [1.29, 1.82) is 0 Å². The molecule has 0 aromatic heterocycles. The predicted octanol–water partition coefficient (Wildman–Crippen LogP) is -1.25. The lowest BCUT2D eigenvalue weighted by Crippen LogP contribution is -2.85. The van der Waals surface area contributed by atoms with Gasteiger partial charge in [0, 0.05) is 0 Å². The first kappa shape index (κ1) is 13.6. The molecule has 1 heterocycles. The van der Waals surface area contributed by atoms with E-state index < -0.39 is 0 Å². The van der Waals surface area contributed by atoms with Gasteiger partial charge in [-0.15, -0.1) is 0 Å². The van der Waals surface area contributed by atoms with Gasteiger partial charge in [0.25, 0.3) is 0 Å². The van der Waals surface area contributed by atoms with E-state index in [4.69, 9.17) is 0 Å². The summed E-state index contributed by atoms with van der Waals surface area (Å²) in [6, 6.07) is 0. The van der Waals surface area contributed by atoms with Crippen molar-refractivity contribution in [2.45, 2.75) is 32.9 Å². The van der Waals surface area contributed by atoms with Crippen molar-refractivity contribution in [3.63, 3.8) is 0 Å². The normalized spacial score (nSPS) is 20.6. The van der Waals surface area contributed by atoms with Gasteiger partial charge < -0.3 is 5.32 Å². The van der Waals surface area contributed by atoms with Gasteiger partial charge in [-0.05, 0) is 12.8 Å². The second-order valence-electron chi connectivity index (χ2n) is 4.84. The van der Waals surface area contributed by atoms with Gasteiger partial charge in [-0.25, -0.2) is 0 Å². The van der Waals surface area contributed by atoms with Crippen LogP contribution >= 0.6 is 0 Å². The number of nitrogens with two attached hydrogens (primary N) is 2. The summed E-state index contributed by atoms with van der Waals surface area (Å²) >= 11 is 0. The lowest BCUT2D eigenvalue weighted by atomic mass is 10.2. The molecule has 1 atom stereocenters. The topological polar surface area (TPSA) is 45.6 Å². The van der Waals surface area contributed by atoms with Gasteiger partial charge in [0.1, 0.15) is 13.1 Å². The highest BCUT2D eigenvalue weighted by atomic mass is 15.5. The highest BCUT2D eigenvalue weighted by Gasteiger charge is 2.38. The molecule has 1 aliphatic heterocycles. The number of rotatable bonds is 8. The highest BCUT2D eigenvalue weighted by Crippen LogP contribution is 2.16. The molecule has 0 saturated carbocycles. The molecule has 94 valence electrons. The van der Waals surface area contributed by atoms with Crippen LogP contribution in [-0.4, -0.2) is 56.8 Å². The summed E-state index contributed by atoms with van der Waals surface area (Å²) in [6.45, 7) is 10.8. The number of quaternary nitrogens is 3. The molecule has 0 aliphatic carbocycles. The van der Waals surface area contributed by atoms with Gasteiger partial charge in [0.2, 0.25) is 6.17 Å². The van der Waals surface area contributed by atoms with Crippen LogP contribution < -0.4 is 10.6 Å². The summed E-state index contributed by atoms with van der Waals surface area (Å²) < 4.78 is 1.20. The van der Waals surface area contributed by atoms with Crippen LogP contribution in [0, 0.1) is 0 Å². The zero-order valence-corrected chi connectivity index (χ0v) is 11.2. The number of aliphatic imine (C=N–C) groups is 1. The van der Waals surface area contributed by atoms with E-state index >= 15 is 0 Å². The van der Waals surface area contributed by atoms with Crippen LogP contribution in [-0.2, 0) is 0 Å². The SMILES string of the molecule is CCC[N+](CCC)(CC[NH2+]C)C1C[NH2+]C=N1. The Hall–Kier alpha value is -0.450. The van der Waals surface area contributed by atoms with Crippen LogP contribution in [0.1, 0.15) is 26.7 Å². The molecule has 0 saturated heterocycles. The van der Waals surface area contributed by atoms with Crippen LogP contribution in [0.15, 0.2) is 4.99 Å². The van der Waals surface area contributed by atoms with E-state index in [0.717, 1.165) is 6.54 Å². The maximum absolute atomic E-state index is 4.68. The van der Waals surface area contributed by atoms with Crippen LogP contribution in [0.3, 0.4) is 0 Å². The van der Waals surface area contributed by atoms with Gasteiger partial charge in [-0.1, -0.05) is 13.8 Å². The summed E-state index contributed by atoms with van der Waals surface area (Å²) in [5.74, 6) is 0. The third kappa shape index (κ3) is 3.27. The van der Waals surface area contributed by atoms with E-state index in [0.29, 0.717) is 6.17 Å². The van der Waals surface area contributed by atoms with Crippen molar-refractivity contribution in [2.24, 2.45) is 4.99 Å². The van der Waals surface area contributed by atoms with Crippen molar-refractivity contribution in [2.75, 3.05) is 39.8 Å². The third-order valence-electron chi connectivity index (χ3n) is 3.54. The summed E-state index contributed by atoms with van der Waals surface area (Å²) in [5, 5.41) is 4.51. The van der Waals surface area contributed by atoms with Gasteiger partial charge in [-0.2, -0.15) is 4.99 Å². The smallest absolute Gasteiger partial charge is 0.237 e. The Morgan fingerprint density at radius 2 is 2.00 bits per heavy atom. The van der Waals surface area contributed by atoms with E-state index in [2.05, 4.69) is 36.5 Å². The molecule has 0 aromatic carbocycles. The standard InChI is InChI=1S/C12H27N4/c1-4-7-16(8-5-2,9-6-13-3)12-10-14-11-15-12/h11-13H,4-10H2,1-3H3,(H,14,15)/q+1/p+2. The monoisotopic (exact) mass is 229 g/mol. The summed E-state index contributed by atoms with van der Waals surface area (Å²) in [4.78, 5) is 4.68. The number of likely N-dealkylation sites (N-methyl/N-ethyl adjacent to an activating group) is 1. The lowest BCUT2D eigenvalue weighted by molar-refractivity contribution is -0.963. The van der Waals surface area contributed by atoms with Crippen molar-refractivity contribution < 1.29 is 15.1 Å². The Bertz CT molecular complexity index is 209. The van der Waals surface area contributed by atoms with Crippen molar-refractivity contribution in [3.8, 4) is 0 Å².